The molecule has 0 aliphatic rings. The van der Waals surface area contributed by atoms with E-state index in [0.29, 0.717) is 0 Å². The summed E-state index contributed by atoms with van der Waals surface area (Å²) in [5, 5.41) is 0. The zero-order valence-electron chi connectivity index (χ0n) is 6.92. The second-order valence-electron chi connectivity index (χ2n) is 2.01. The van der Waals surface area contributed by atoms with Crippen molar-refractivity contribution in [2.45, 2.75) is 26.2 Å². The Labute approximate surface area is 70.5 Å². The highest BCUT2D eigenvalue weighted by molar-refractivity contribution is 8.00. The van der Waals surface area contributed by atoms with E-state index in [9.17, 15) is 9.59 Å². The van der Waals surface area contributed by atoms with Gasteiger partial charge < -0.3 is 4.74 Å². The van der Waals surface area contributed by atoms with Gasteiger partial charge in [0.1, 0.15) is 0 Å². The van der Waals surface area contributed by atoms with E-state index in [2.05, 4.69) is 0 Å². The Kier molecular flexibility index (Phi) is 4.94. The van der Waals surface area contributed by atoms with Gasteiger partial charge in [-0.05, 0) is 12.7 Å². The van der Waals surface area contributed by atoms with E-state index in [1.807, 2.05) is 6.92 Å². The Morgan fingerprint density at radius 2 is 2.00 bits per heavy atom. The summed E-state index contributed by atoms with van der Waals surface area (Å²) < 4.78 is 4.73. The molecule has 64 valence electrons. The van der Waals surface area contributed by atoms with Crippen LogP contribution in [0.25, 0.3) is 0 Å². The molecule has 0 N–H and O–H groups in total. The lowest BCUT2D eigenvalue weighted by molar-refractivity contribution is -0.147. The van der Waals surface area contributed by atoms with E-state index in [-0.39, 0.29) is 5.78 Å². The van der Waals surface area contributed by atoms with E-state index >= 15 is 0 Å². The number of Topliss-reactive ketones (excluding diaryl/α,β-unsaturated/α-hetero) is 1. The summed E-state index contributed by atoms with van der Waals surface area (Å²) in [5.74, 6) is 0.232. The maximum absolute atomic E-state index is 10.8. The van der Waals surface area contributed by atoms with Crippen LogP contribution in [-0.2, 0) is 14.3 Å². The second-order valence-corrected chi connectivity index (χ2v) is 3.35. The van der Waals surface area contributed by atoms with Gasteiger partial charge >= 0.3 is 5.97 Å². The fourth-order valence-electron chi connectivity index (χ4n) is 0.536. The van der Waals surface area contributed by atoms with Crippen molar-refractivity contribution < 1.29 is 14.3 Å². The molecule has 0 fully saturated rings. The van der Waals surface area contributed by atoms with Crippen LogP contribution in [0.3, 0.4) is 0 Å². The van der Waals surface area contributed by atoms with Gasteiger partial charge in [0.15, 0.2) is 5.78 Å². The molecule has 1 atom stereocenters. The number of esters is 1. The van der Waals surface area contributed by atoms with Crippen LogP contribution >= 0.6 is 11.8 Å². The average Bonchev–Trinajstić information content (AvgIpc) is 1.86. The lowest BCUT2D eigenvalue weighted by Gasteiger charge is -2.11. The van der Waals surface area contributed by atoms with Gasteiger partial charge in [-0.2, -0.15) is 0 Å². The minimum absolute atomic E-state index is 0.118. The summed E-state index contributed by atoms with van der Waals surface area (Å²) in [6.07, 6.45) is 0. The standard InChI is InChI=1S/C7H12O3S/c1-4-11-7(5(2)8)10-6(3)9/h7H,4H2,1-3H3. The summed E-state index contributed by atoms with van der Waals surface area (Å²) in [6, 6.07) is 0. The first-order valence-electron chi connectivity index (χ1n) is 3.37. The highest BCUT2D eigenvalue weighted by Crippen LogP contribution is 2.12. The van der Waals surface area contributed by atoms with Gasteiger partial charge in [0, 0.05) is 6.92 Å². The van der Waals surface area contributed by atoms with Crippen LogP contribution in [0.5, 0.6) is 0 Å². The van der Waals surface area contributed by atoms with E-state index < -0.39 is 11.4 Å². The van der Waals surface area contributed by atoms with E-state index in [1.165, 1.54) is 25.6 Å². The van der Waals surface area contributed by atoms with Crippen molar-refractivity contribution in [3.05, 3.63) is 0 Å². The molecule has 0 radical (unpaired) electrons. The molecule has 0 aliphatic carbocycles. The monoisotopic (exact) mass is 176 g/mol. The van der Waals surface area contributed by atoms with Gasteiger partial charge in [0.05, 0.1) is 0 Å². The highest BCUT2D eigenvalue weighted by Gasteiger charge is 2.15. The van der Waals surface area contributed by atoms with Crippen molar-refractivity contribution in [3.8, 4) is 0 Å². The minimum Gasteiger partial charge on any atom is -0.443 e. The molecule has 0 bridgehead atoms. The largest absolute Gasteiger partial charge is 0.443 e. The molecular formula is C7H12O3S. The zero-order valence-corrected chi connectivity index (χ0v) is 7.73. The van der Waals surface area contributed by atoms with Crippen LogP contribution in [0.4, 0.5) is 0 Å². The van der Waals surface area contributed by atoms with Crippen LogP contribution in [0.15, 0.2) is 0 Å². The lowest BCUT2D eigenvalue weighted by atomic mass is 10.5. The number of carbonyl (C=O) groups is 2. The topological polar surface area (TPSA) is 43.4 Å². The molecule has 0 saturated heterocycles. The molecule has 0 aromatic rings. The molecule has 0 aromatic carbocycles. The van der Waals surface area contributed by atoms with Gasteiger partial charge in [-0.15, -0.1) is 11.8 Å². The fraction of sp³-hybridized carbons (Fsp3) is 0.714. The van der Waals surface area contributed by atoms with Gasteiger partial charge in [-0.1, -0.05) is 6.92 Å². The Balaban J connectivity index is 3.89. The van der Waals surface area contributed by atoms with E-state index in [1.54, 1.807) is 0 Å². The third-order valence-electron chi connectivity index (χ3n) is 0.923. The smallest absolute Gasteiger partial charge is 0.304 e. The molecule has 4 heteroatoms. The summed E-state index contributed by atoms with van der Waals surface area (Å²) in [7, 11) is 0. The predicted octanol–water partition coefficient (Wildman–Crippen LogP) is 1.22. The summed E-state index contributed by atoms with van der Waals surface area (Å²) in [5.41, 5.74) is -0.613. The molecule has 0 aromatic heterocycles. The number of hydrogen-bond donors (Lipinski definition) is 0. The maximum atomic E-state index is 10.8. The molecule has 1 unspecified atom stereocenters. The number of hydrogen-bond acceptors (Lipinski definition) is 4. The van der Waals surface area contributed by atoms with E-state index in [0.717, 1.165) is 5.75 Å². The van der Waals surface area contributed by atoms with Crippen molar-refractivity contribution in [1.29, 1.82) is 0 Å². The Bertz CT molecular complexity index is 156. The number of thioether (sulfide) groups is 1. The summed E-state index contributed by atoms with van der Waals surface area (Å²) in [6.45, 7) is 4.62. The first-order chi connectivity index (χ1) is 5.07. The molecule has 11 heavy (non-hydrogen) atoms. The fourth-order valence-corrected chi connectivity index (χ4v) is 1.28. The van der Waals surface area contributed by atoms with E-state index in [4.69, 9.17) is 4.74 Å². The van der Waals surface area contributed by atoms with Gasteiger partial charge in [0.2, 0.25) is 5.44 Å². The van der Waals surface area contributed by atoms with Crippen LogP contribution < -0.4 is 0 Å². The van der Waals surface area contributed by atoms with Gasteiger partial charge in [-0.3, -0.25) is 9.59 Å². The first-order valence-corrected chi connectivity index (χ1v) is 4.42. The molecule has 0 heterocycles. The molecule has 0 aliphatic heterocycles. The highest BCUT2D eigenvalue weighted by atomic mass is 32.2. The third-order valence-corrected chi connectivity index (χ3v) is 1.99. The molecule has 0 spiro atoms. The first kappa shape index (κ1) is 10.5. The number of carbonyl (C=O) groups excluding carboxylic acids is 2. The Morgan fingerprint density at radius 1 is 1.45 bits per heavy atom. The van der Waals surface area contributed by atoms with Gasteiger partial charge in [-0.25, -0.2) is 0 Å². The van der Waals surface area contributed by atoms with Crippen LogP contribution in [0.2, 0.25) is 0 Å². The summed E-state index contributed by atoms with van der Waals surface area (Å²) in [4.78, 5) is 21.2. The SMILES string of the molecule is CCSC(OC(C)=O)C(C)=O. The Morgan fingerprint density at radius 3 is 2.27 bits per heavy atom. The molecular weight excluding hydrogens is 164 g/mol. The number of ketones is 1. The molecule has 3 nitrogen and oxygen atoms in total. The zero-order chi connectivity index (χ0) is 8.85. The Hall–Kier alpha value is -0.510. The normalized spacial score (nSPS) is 12.3. The lowest BCUT2D eigenvalue weighted by Crippen LogP contribution is -2.20. The molecule has 0 saturated carbocycles. The van der Waals surface area contributed by atoms with Crippen LogP contribution in [-0.4, -0.2) is 22.9 Å². The van der Waals surface area contributed by atoms with Crippen LogP contribution in [0, 0.1) is 0 Å². The number of ether oxygens (including phenoxy) is 1. The quantitative estimate of drug-likeness (QED) is 0.477. The van der Waals surface area contributed by atoms with Crippen molar-refractivity contribution in [2.24, 2.45) is 0 Å². The number of rotatable bonds is 4. The maximum Gasteiger partial charge on any atom is 0.304 e. The van der Waals surface area contributed by atoms with Crippen molar-refractivity contribution in [2.75, 3.05) is 5.75 Å². The third kappa shape index (κ3) is 4.84. The van der Waals surface area contributed by atoms with Crippen molar-refractivity contribution in [1.82, 2.24) is 0 Å². The molecule has 0 amide bonds. The summed E-state index contributed by atoms with van der Waals surface area (Å²) >= 11 is 1.32. The van der Waals surface area contributed by atoms with Crippen molar-refractivity contribution in [3.63, 3.8) is 0 Å². The van der Waals surface area contributed by atoms with Crippen LogP contribution in [0.1, 0.15) is 20.8 Å². The predicted molar refractivity (Wildman–Crippen MR) is 44.4 cm³/mol. The minimum atomic E-state index is -0.613. The second kappa shape index (κ2) is 5.18. The average molecular weight is 176 g/mol. The van der Waals surface area contributed by atoms with Gasteiger partial charge in [0.25, 0.3) is 0 Å². The molecule has 0 rings (SSSR count). The van der Waals surface area contributed by atoms with Crippen molar-refractivity contribution >= 4 is 23.5 Å².